The average Bonchev–Trinajstić information content (AvgIpc) is 2.33. The zero-order chi connectivity index (χ0) is 14.5. The Bertz CT molecular complexity index is 409. The monoisotopic (exact) mass is 300 g/mol. The highest BCUT2D eigenvalue weighted by molar-refractivity contribution is 6.20. The van der Waals surface area contributed by atoms with Crippen LogP contribution in [0.15, 0.2) is 18.2 Å². The molecular weight excluding hydrogens is 288 g/mol. The number of hydrogen-bond donors (Lipinski definition) is 0. The minimum absolute atomic E-state index is 0.0842. The van der Waals surface area contributed by atoms with Crippen molar-refractivity contribution in [2.24, 2.45) is 0 Å². The number of hydrogen-bond acceptors (Lipinski definition) is 2. The summed E-state index contributed by atoms with van der Waals surface area (Å²) in [4.78, 5) is 0. The molecule has 1 atom stereocenters. The van der Waals surface area contributed by atoms with Crippen LogP contribution in [0.2, 0.25) is 0 Å². The summed E-state index contributed by atoms with van der Waals surface area (Å²) in [5.74, 6) is -0.484. The quantitative estimate of drug-likeness (QED) is 0.448. The van der Waals surface area contributed by atoms with E-state index in [2.05, 4.69) is 4.74 Å². The molecule has 0 radical (unpaired) electrons. The van der Waals surface area contributed by atoms with Gasteiger partial charge in [-0.05, 0) is 24.1 Å². The molecule has 0 saturated heterocycles. The van der Waals surface area contributed by atoms with Crippen molar-refractivity contribution in [2.75, 3.05) is 20.3 Å². The lowest BCUT2D eigenvalue weighted by Gasteiger charge is -2.12. The number of ether oxygens (including phenoxy) is 2. The maximum Gasteiger partial charge on any atom is 0.411 e. The molecule has 0 aliphatic carbocycles. The third-order valence-electron chi connectivity index (χ3n) is 2.32. The van der Waals surface area contributed by atoms with E-state index in [-0.39, 0.29) is 18.8 Å². The van der Waals surface area contributed by atoms with Crippen LogP contribution < -0.4 is 4.74 Å². The molecule has 0 heterocycles. The lowest BCUT2D eigenvalue weighted by Crippen LogP contribution is -2.17. The van der Waals surface area contributed by atoms with Gasteiger partial charge >= 0.3 is 6.18 Å². The van der Waals surface area contributed by atoms with E-state index in [1.54, 1.807) is 6.07 Å². The summed E-state index contributed by atoms with van der Waals surface area (Å²) >= 11 is 5.95. The van der Waals surface area contributed by atoms with Gasteiger partial charge in [0.05, 0.1) is 12.5 Å². The highest BCUT2D eigenvalue weighted by atomic mass is 35.5. The molecule has 0 aliphatic heterocycles. The van der Waals surface area contributed by atoms with Crippen molar-refractivity contribution in [3.05, 3.63) is 29.6 Å². The average molecular weight is 301 g/mol. The summed E-state index contributed by atoms with van der Waals surface area (Å²) in [5, 5.41) is -0.617. The Morgan fingerprint density at radius 3 is 2.53 bits per heavy atom. The van der Waals surface area contributed by atoms with E-state index < -0.39 is 24.0 Å². The Balaban J connectivity index is 2.45. The standard InChI is InChI=1S/C12H13ClF4O2/c1-18-11-3-2-8(6-10(11)14)9(13)4-5-19-7-12(15,16)17/h2-3,6,9H,4-5,7H2,1H3. The number of halogens is 5. The normalized spacial score (nSPS) is 13.4. The molecule has 19 heavy (non-hydrogen) atoms. The van der Waals surface area contributed by atoms with E-state index in [9.17, 15) is 17.6 Å². The molecular formula is C12H13ClF4O2. The zero-order valence-electron chi connectivity index (χ0n) is 10.1. The van der Waals surface area contributed by atoms with Crippen molar-refractivity contribution >= 4 is 11.6 Å². The second kappa shape index (κ2) is 6.96. The van der Waals surface area contributed by atoms with Crippen molar-refractivity contribution in [2.45, 2.75) is 18.0 Å². The van der Waals surface area contributed by atoms with Crippen molar-refractivity contribution in [1.29, 1.82) is 0 Å². The molecule has 7 heteroatoms. The second-order valence-corrected chi connectivity index (χ2v) is 4.34. The van der Waals surface area contributed by atoms with Crippen molar-refractivity contribution in [3.63, 3.8) is 0 Å². The van der Waals surface area contributed by atoms with Gasteiger partial charge in [-0.25, -0.2) is 4.39 Å². The summed E-state index contributed by atoms with van der Waals surface area (Å²) in [5.41, 5.74) is 0.468. The lowest BCUT2D eigenvalue weighted by molar-refractivity contribution is -0.174. The van der Waals surface area contributed by atoms with E-state index in [1.807, 2.05) is 0 Å². The van der Waals surface area contributed by atoms with Gasteiger partial charge in [0.25, 0.3) is 0 Å². The maximum atomic E-state index is 13.4. The molecule has 0 fully saturated rings. The van der Waals surface area contributed by atoms with Gasteiger partial charge in [0, 0.05) is 6.61 Å². The molecule has 1 rings (SSSR count). The van der Waals surface area contributed by atoms with Gasteiger partial charge in [-0.2, -0.15) is 13.2 Å². The van der Waals surface area contributed by atoms with Crippen LogP contribution in [-0.2, 0) is 4.74 Å². The van der Waals surface area contributed by atoms with Crippen molar-refractivity contribution < 1.29 is 27.0 Å². The van der Waals surface area contributed by atoms with E-state index in [0.29, 0.717) is 5.56 Å². The van der Waals surface area contributed by atoms with Crippen molar-refractivity contribution in [3.8, 4) is 5.75 Å². The van der Waals surface area contributed by atoms with E-state index in [1.165, 1.54) is 19.2 Å². The minimum Gasteiger partial charge on any atom is -0.494 e. The summed E-state index contributed by atoms with van der Waals surface area (Å²) in [6.45, 7) is -1.46. The first kappa shape index (κ1) is 16.0. The minimum atomic E-state index is -4.35. The van der Waals surface area contributed by atoms with Gasteiger partial charge in [-0.15, -0.1) is 11.6 Å². The predicted octanol–water partition coefficient (Wildman–Crippen LogP) is 4.08. The molecule has 0 bridgehead atoms. The fourth-order valence-electron chi connectivity index (χ4n) is 1.42. The third-order valence-corrected chi connectivity index (χ3v) is 2.79. The van der Waals surface area contributed by atoms with Gasteiger partial charge < -0.3 is 9.47 Å². The van der Waals surface area contributed by atoms with Crippen LogP contribution in [-0.4, -0.2) is 26.5 Å². The van der Waals surface area contributed by atoms with Gasteiger partial charge in [0.1, 0.15) is 6.61 Å². The molecule has 0 aromatic heterocycles. The number of benzene rings is 1. The van der Waals surface area contributed by atoms with Crippen molar-refractivity contribution in [1.82, 2.24) is 0 Å². The number of alkyl halides is 4. The molecule has 0 N–H and O–H groups in total. The molecule has 1 aromatic rings. The van der Waals surface area contributed by atoms with Gasteiger partial charge in [-0.1, -0.05) is 6.07 Å². The zero-order valence-corrected chi connectivity index (χ0v) is 10.9. The van der Waals surface area contributed by atoms with Crippen LogP contribution in [0.25, 0.3) is 0 Å². The van der Waals surface area contributed by atoms with Crippen LogP contribution >= 0.6 is 11.6 Å². The van der Waals surface area contributed by atoms with E-state index in [4.69, 9.17) is 16.3 Å². The Morgan fingerprint density at radius 2 is 2.00 bits per heavy atom. The Morgan fingerprint density at radius 1 is 1.32 bits per heavy atom. The molecule has 1 unspecified atom stereocenters. The van der Waals surface area contributed by atoms with Crippen LogP contribution in [0.4, 0.5) is 17.6 Å². The summed E-state index contributed by atoms with van der Waals surface area (Å²) in [6, 6.07) is 4.17. The molecule has 0 amide bonds. The first-order valence-corrected chi connectivity index (χ1v) is 5.89. The first-order chi connectivity index (χ1) is 8.83. The maximum absolute atomic E-state index is 13.4. The topological polar surface area (TPSA) is 18.5 Å². The fourth-order valence-corrected chi connectivity index (χ4v) is 1.64. The molecule has 2 nitrogen and oxygen atoms in total. The highest BCUT2D eigenvalue weighted by Gasteiger charge is 2.27. The van der Waals surface area contributed by atoms with Gasteiger partial charge in [0.15, 0.2) is 11.6 Å². The molecule has 0 saturated carbocycles. The second-order valence-electron chi connectivity index (χ2n) is 3.82. The Hall–Kier alpha value is -1.01. The summed E-state index contributed by atoms with van der Waals surface area (Å²) in [7, 11) is 1.33. The molecule has 0 aliphatic rings. The number of rotatable bonds is 6. The molecule has 0 spiro atoms. The fraction of sp³-hybridized carbons (Fsp3) is 0.500. The number of methoxy groups -OCH3 is 1. The first-order valence-electron chi connectivity index (χ1n) is 5.45. The van der Waals surface area contributed by atoms with Gasteiger partial charge in [0.2, 0.25) is 0 Å². The Labute approximate surface area is 113 Å². The summed E-state index contributed by atoms with van der Waals surface area (Å²) in [6.07, 6.45) is -4.20. The third kappa shape index (κ3) is 5.65. The Kier molecular flexibility index (Phi) is 5.87. The summed E-state index contributed by atoms with van der Waals surface area (Å²) < 4.78 is 58.0. The SMILES string of the molecule is COc1ccc(C(Cl)CCOCC(F)(F)F)cc1F. The predicted molar refractivity (Wildman–Crippen MR) is 63.0 cm³/mol. The van der Waals surface area contributed by atoms with Crippen LogP contribution in [0.3, 0.4) is 0 Å². The van der Waals surface area contributed by atoms with Crippen LogP contribution in [0.1, 0.15) is 17.4 Å². The molecule has 108 valence electrons. The van der Waals surface area contributed by atoms with Crippen LogP contribution in [0, 0.1) is 5.82 Å². The lowest BCUT2D eigenvalue weighted by atomic mass is 10.1. The smallest absolute Gasteiger partial charge is 0.411 e. The van der Waals surface area contributed by atoms with Crippen LogP contribution in [0.5, 0.6) is 5.75 Å². The van der Waals surface area contributed by atoms with E-state index >= 15 is 0 Å². The largest absolute Gasteiger partial charge is 0.494 e. The van der Waals surface area contributed by atoms with Gasteiger partial charge in [-0.3, -0.25) is 0 Å². The highest BCUT2D eigenvalue weighted by Crippen LogP contribution is 2.28. The molecule has 1 aromatic carbocycles. The van der Waals surface area contributed by atoms with E-state index in [0.717, 1.165) is 0 Å².